The number of aromatic carboxylic acids is 1. The molecule has 4 heterocycles. The second-order valence-corrected chi connectivity index (χ2v) is 10.3. The molecule has 168 valence electrons. The lowest BCUT2D eigenvalue weighted by Gasteiger charge is -2.25. The van der Waals surface area contributed by atoms with Gasteiger partial charge in [-0.2, -0.15) is 0 Å². The molecule has 0 aliphatic carbocycles. The molecule has 2 aliphatic heterocycles. The van der Waals surface area contributed by atoms with Gasteiger partial charge in [-0.3, -0.25) is 4.79 Å². The quantitative estimate of drug-likeness (QED) is 0.573. The van der Waals surface area contributed by atoms with E-state index in [1.54, 1.807) is 0 Å². The van der Waals surface area contributed by atoms with Gasteiger partial charge in [0.2, 0.25) is 0 Å². The number of ether oxygens (including phenoxy) is 1. The Labute approximate surface area is 191 Å². The number of carbonyl (C=O) groups is 1. The first-order valence-electron chi connectivity index (χ1n) is 10.8. The maximum absolute atomic E-state index is 12.4. The Bertz CT molecular complexity index is 1240. The predicted octanol–water partition coefficient (Wildman–Crippen LogP) is 5.27. The number of hydrogen-bond acceptors (Lipinski definition) is 5. The molecule has 0 bridgehead atoms. The lowest BCUT2D eigenvalue weighted by Crippen LogP contribution is -2.25. The number of rotatable bonds is 2. The topological polar surface area (TPSA) is 81.4 Å². The standard InChI is InChI=1S/C21H18N2O4S.C4H10/c1-21(2)7-15-12-3-4-23-9-16(20(25)26)18(24)6-17(23)14(12)5-13(19(15)27-21)11-8-22-28-10-11;1-4(2)3/h5-6,8-10H,3-4,7H2,1-2H3,(H,25,26);4H,1-3H3. The maximum Gasteiger partial charge on any atom is 0.341 e. The van der Waals surface area contributed by atoms with Gasteiger partial charge in [-0.1, -0.05) is 20.8 Å². The summed E-state index contributed by atoms with van der Waals surface area (Å²) < 4.78 is 12.4. The summed E-state index contributed by atoms with van der Waals surface area (Å²) in [5.41, 5.74) is 5.11. The van der Waals surface area contributed by atoms with Gasteiger partial charge in [0.25, 0.3) is 0 Å². The van der Waals surface area contributed by atoms with Crippen molar-refractivity contribution in [2.24, 2.45) is 5.92 Å². The molecule has 0 saturated heterocycles. The number of fused-ring (bicyclic) bond motifs is 5. The number of nitrogens with zero attached hydrogens (tertiary/aromatic N) is 2. The summed E-state index contributed by atoms with van der Waals surface area (Å²) in [6.07, 6.45) is 4.86. The number of aromatic nitrogens is 2. The number of carboxylic acid groups (broad SMARTS) is 1. The van der Waals surface area contributed by atoms with Crippen LogP contribution in [0.25, 0.3) is 22.4 Å². The van der Waals surface area contributed by atoms with Crippen LogP contribution in [0.5, 0.6) is 5.75 Å². The van der Waals surface area contributed by atoms with Gasteiger partial charge in [-0.15, -0.1) is 0 Å². The van der Waals surface area contributed by atoms with Crippen LogP contribution >= 0.6 is 11.5 Å². The lowest BCUT2D eigenvalue weighted by molar-refractivity contribution is 0.0694. The van der Waals surface area contributed by atoms with Crippen molar-refractivity contribution in [1.82, 2.24) is 8.94 Å². The van der Waals surface area contributed by atoms with Crippen LogP contribution in [0.2, 0.25) is 0 Å². The van der Waals surface area contributed by atoms with Gasteiger partial charge < -0.3 is 14.4 Å². The molecule has 0 saturated carbocycles. The minimum atomic E-state index is -1.19. The first-order chi connectivity index (χ1) is 15.1. The summed E-state index contributed by atoms with van der Waals surface area (Å²) in [6, 6.07) is 3.51. The Kier molecular flexibility index (Phi) is 5.71. The average Bonchev–Trinajstić information content (AvgIpc) is 3.33. The fraction of sp³-hybridized carbons (Fsp3) is 0.400. The third kappa shape index (κ3) is 4.09. The van der Waals surface area contributed by atoms with Gasteiger partial charge >= 0.3 is 5.97 Å². The number of benzene rings is 1. The first-order valence-corrected chi connectivity index (χ1v) is 11.7. The third-order valence-corrected chi connectivity index (χ3v) is 6.04. The molecule has 5 rings (SSSR count). The smallest absolute Gasteiger partial charge is 0.341 e. The summed E-state index contributed by atoms with van der Waals surface area (Å²) in [4.78, 5) is 23.7. The van der Waals surface area contributed by atoms with E-state index in [4.69, 9.17) is 4.74 Å². The Morgan fingerprint density at radius 3 is 2.56 bits per heavy atom. The predicted molar refractivity (Wildman–Crippen MR) is 127 cm³/mol. The maximum atomic E-state index is 12.4. The monoisotopic (exact) mass is 452 g/mol. The molecule has 1 N–H and O–H groups in total. The van der Waals surface area contributed by atoms with Crippen LogP contribution in [-0.4, -0.2) is 25.6 Å². The molecule has 2 aliphatic rings. The number of carboxylic acids is 1. The van der Waals surface area contributed by atoms with E-state index >= 15 is 0 Å². The third-order valence-electron chi connectivity index (χ3n) is 5.46. The molecule has 32 heavy (non-hydrogen) atoms. The SMILES string of the molecule is CC(C)C.CC1(C)Cc2c3c(cc(-c4cnsc4)c2O1)-c1cc(=O)c(C(=O)O)cn1CC3. The minimum absolute atomic E-state index is 0.194. The van der Waals surface area contributed by atoms with Gasteiger partial charge in [0.05, 0.1) is 5.69 Å². The highest BCUT2D eigenvalue weighted by atomic mass is 32.1. The van der Waals surface area contributed by atoms with Gasteiger partial charge in [0, 0.05) is 59.1 Å². The van der Waals surface area contributed by atoms with Crippen molar-refractivity contribution in [3.63, 3.8) is 0 Å². The lowest BCUT2D eigenvalue weighted by atomic mass is 9.86. The zero-order chi connectivity index (χ0) is 23.2. The van der Waals surface area contributed by atoms with E-state index in [0.717, 1.165) is 46.9 Å². The molecule has 6 nitrogen and oxygen atoms in total. The van der Waals surface area contributed by atoms with Crippen molar-refractivity contribution in [3.05, 3.63) is 56.8 Å². The minimum Gasteiger partial charge on any atom is -0.487 e. The second-order valence-electron chi connectivity index (χ2n) is 9.63. The Hall–Kier alpha value is -2.93. The van der Waals surface area contributed by atoms with Gasteiger partial charge in [0.1, 0.15) is 16.9 Å². The molecule has 0 radical (unpaired) electrons. The van der Waals surface area contributed by atoms with Crippen LogP contribution in [0.1, 0.15) is 56.1 Å². The fourth-order valence-corrected chi connectivity index (χ4v) is 4.79. The Morgan fingerprint density at radius 2 is 1.94 bits per heavy atom. The highest BCUT2D eigenvalue weighted by Gasteiger charge is 2.36. The van der Waals surface area contributed by atoms with E-state index in [1.165, 1.54) is 34.9 Å². The van der Waals surface area contributed by atoms with E-state index in [0.29, 0.717) is 6.54 Å². The van der Waals surface area contributed by atoms with Crippen LogP contribution in [-0.2, 0) is 19.4 Å². The van der Waals surface area contributed by atoms with E-state index in [2.05, 4.69) is 45.1 Å². The van der Waals surface area contributed by atoms with Crippen molar-refractivity contribution < 1.29 is 14.6 Å². The van der Waals surface area contributed by atoms with E-state index in [-0.39, 0.29) is 11.2 Å². The van der Waals surface area contributed by atoms with Crippen LogP contribution < -0.4 is 10.2 Å². The van der Waals surface area contributed by atoms with Gasteiger partial charge in [-0.05, 0) is 49.3 Å². The number of pyridine rings is 1. The molecule has 2 aromatic heterocycles. The summed E-state index contributed by atoms with van der Waals surface area (Å²) in [5.74, 6) is 0.544. The zero-order valence-corrected chi connectivity index (χ0v) is 19.9. The van der Waals surface area contributed by atoms with Gasteiger partial charge in [-0.25, -0.2) is 9.17 Å². The van der Waals surface area contributed by atoms with Crippen molar-refractivity contribution in [3.8, 4) is 28.1 Å². The molecule has 7 heteroatoms. The van der Waals surface area contributed by atoms with Crippen molar-refractivity contribution in [2.75, 3.05) is 0 Å². The molecule has 0 fully saturated rings. The first kappa shape index (κ1) is 22.3. The highest BCUT2D eigenvalue weighted by Crippen LogP contribution is 2.48. The van der Waals surface area contributed by atoms with Crippen LogP contribution in [0.3, 0.4) is 0 Å². The largest absolute Gasteiger partial charge is 0.487 e. The molecule has 0 atom stereocenters. The highest BCUT2D eigenvalue weighted by molar-refractivity contribution is 7.03. The van der Waals surface area contributed by atoms with E-state index in [9.17, 15) is 14.7 Å². The zero-order valence-electron chi connectivity index (χ0n) is 19.1. The summed E-state index contributed by atoms with van der Waals surface area (Å²) >= 11 is 1.38. The van der Waals surface area contributed by atoms with E-state index in [1.807, 2.05) is 16.1 Å². The van der Waals surface area contributed by atoms with Crippen molar-refractivity contribution in [1.29, 1.82) is 0 Å². The van der Waals surface area contributed by atoms with Crippen LogP contribution in [0.15, 0.2) is 34.7 Å². The number of hydrogen-bond donors (Lipinski definition) is 1. The normalized spacial score (nSPS) is 15.2. The summed E-state index contributed by atoms with van der Waals surface area (Å²) in [7, 11) is 0. The second kappa shape index (κ2) is 8.20. The van der Waals surface area contributed by atoms with Crippen LogP contribution in [0.4, 0.5) is 0 Å². The molecule has 0 amide bonds. The fourth-order valence-electron chi connectivity index (χ4n) is 4.25. The Morgan fingerprint density at radius 1 is 1.22 bits per heavy atom. The van der Waals surface area contributed by atoms with Crippen LogP contribution in [0, 0.1) is 5.92 Å². The molecular weight excluding hydrogens is 424 g/mol. The number of aryl methyl sites for hydroxylation is 1. The molecule has 3 aromatic rings. The molecule has 0 unspecified atom stereocenters. The summed E-state index contributed by atoms with van der Waals surface area (Å²) in [6.45, 7) is 11.3. The summed E-state index contributed by atoms with van der Waals surface area (Å²) in [5, 5.41) is 11.3. The Balaban J connectivity index is 0.000000567. The van der Waals surface area contributed by atoms with E-state index < -0.39 is 11.4 Å². The average molecular weight is 453 g/mol. The van der Waals surface area contributed by atoms with Crippen molar-refractivity contribution in [2.45, 2.75) is 59.6 Å². The molecule has 0 spiro atoms. The molecule has 1 aromatic carbocycles. The van der Waals surface area contributed by atoms with Gasteiger partial charge in [0.15, 0.2) is 5.43 Å². The van der Waals surface area contributed by atoms with Crippen molar-refractivity contribution >= 4 is 17.5 Å². The molecular formula is C25H28N2O4S.